The second kappa shape index (κ2) is 6.86. The molecule has 6 heteroatoms. The lowest BCUT2D eigenvalue weighted by Gasteiger charge is -2.12. The van der Waals surface area contributed by atoms with Gasteiger partial charge < -0.3 is 15.2 Å². The molecule has 0 unspecified atom stereocenters. The molecule has 0 bridgehead atoms. The summed E-state index contributed by atoms with van der Waals surface area (Å²) >= 11 is 0. The number of para-hydroxylation sites is 1. The van der Waals surface area contributed by atoms with Gasteiger partial charge in [0.2, 0.25) is 5.95 Å². The summed E-state index contributed by atoms with van der Waals surface area (Å²) in [5.74, 6) is 0.664. The molecule has 2 heterocycles. The number of anilines is 2. The Kier molecular flexibility index (Phi) is 4.27. The minimum absolute atomic E-state index is 0.539. The van der Waals surface area contributed by atoms with Gasteiger partial charge in [-0.1, -0.05) is 31.0 Å². The highest BCUT2D eigenvalue weighted by atomic mass is 15.2. The maximum atomic E-state index is 4.67. The number of hydrogen-bond acceptors (Lipinski definition) is 5. The Balaban J connectivity index is 1.40. The first-order valence-corrected chi connectivity index (χ1v) is 8.62. The van der Waals surface area contributed by atoms with Crippen LogP contribution in [0.5, 0.6) is 0 Å². The summed E-state index contributed by atoms with van der Waals surface area (Å²) in [5, 5.41) is 6.66. The van der Waals surface area contributed by atoms with Gasteiger partial charge in [0.05, 0.1) is 12.5 Å². The first-order valence-electron chi connectivity index (χ1n) is 8.62. The second-order valence-corrected chi connectivity index (χ2v) is 6.21. The first kappa shape index (κ1) is 14.9. The van der Waals surface area contributed by atoms with Gasteiger partial charge in [0.25, 0.3) is 0 Å². The van der Waals surface area contributed by atoms with Gasteiger partial charge in [-0.2, -0.15) is 4.98 Å². The molecule has 0 saturated heterocycles. The van der Waals surface area contributed by atoms with Crippen molar-refractivity contribution in [3.63, 3.8) is 0 Å². The largest absolute Gasteiger partial charge is 0.383 e. The maximum Gasteiger partial charge on any atom is 0.224 e. The molecule has 1 fully saturated rings. The topological polar surface area (TPSA) is 67.7 Å². The molecular weight excluding hydrogens is 300 g/mol. The monoisotopic (exact) mass is 322 g/mol. The summed E-state index contributed by atoms with van der Waals surface area (Å²) in [5.41, 5.74) is 2.93. The molecule has 4 rings (SSSR count). The summed E-state index contributed by atoms with van der Waals surface area (Å²) in [7, 11) is 0. The van der Waals surface area contributed by atoms with Crippen molar-refractivity contribution in [3.05, 3.63) is 42.9 Å². The van der Waals surface area contributed by atoms with Crippen LogP contribution < -0.4 is 10.6 Å². The molecule has 0 atom stereocenters. The van der Waals surface area contributed by atoms with E-state index in [4.69, 9.17) is 0 Å². The number of hydrogen-bond donors (Lipinski definition) is 2. The zero-order valence-electron chi connectivity index (χ0n) is 13.7. The molecule has 1 aliphatic rings. The fourth-order valence-corrected chi connectivity index (χ4v) is 3.30. The molecule has 2 N–H and O–H groups in total. The van der Waals surface area contributed by atoms with Crippen molar-refractivity contribution >= 4 is 22.8 Å². The van der Waals surface area contributed by atoms with Crippen LogP contribution in [0, 0.1) is 0 Å². The molecule has 0 amide bonds. The second-order valence-electron chi connectivity index (χ2n) is 6.21. The van der Waals surface area contributed by atoms with Crippen LogP contribution in [0.2, 0.25) is 0 Å². The zero-order chi connectivity index (χ0) is 16.2. The van der Waals surface area contributed by atoms with Crippen molar-refractivity contribution in [2.45, 2.75) is 31.7 Å². The highest BCUT2D eigenvalue weighted by Gasteiger charge is 2.19. The van der Waals surface area contributed by atoms with E-state index < -0.39 is 0 Å². The number of benzene rings is 1. The highest BCUT2D eigenvalue weighted by Crippen LogP contribution is 2.31. The predicted molar refractivity (Wildman–Crippen MR) is 96.2 cm³/mol. The lowest BCUT2D eigenvalue weighted by molar-refractivity contribution is 0.529. The van der Waals surface area contributed by atoms with E-state index in [-0.39, 0.29) is 0 Å². The molecule has 2 aromatic heterocycles. The van der Waals surface area contributed by atoms with Crippen molar-refractivity contribution in [1.82, 2.24) is 19.5 Å². The van der Waals surface area contributed by atoms with Crippen molar-refractivity contribution < 1.29 is 0 Å². The summed E-state index contributed by atoms with van der Waals surface area (Å²) in [6, 6.07) is 10.7. The number of imidazole rings is 1. The molecule has 1 saturated carbocycles. The fraction of sp³-hybridized carbons (Fsp3) is 0.389. The smallest absolute Gasteiger partial charge is 0.224 e. The molecule has 1 aromatic carbocycles. The normalized spacial score (nSPS) is 15.0. The number of fused-ring (bicyclic) bond motifs is 1. The van der Waals surface area contributed by atoms with Crippen LogP contribution in [0.3, 0.4) is 0 Å². The van der Waals surface area contributed by atoms with E-state index >= 15 is 0 Å². The summed E-state index contributed by atoms with van der Waals surface area (Å²) < 4.78 is 2.22. The van der Waals surface area contributed by atoms with E-state index in [1.807, 2.05) is 24.5 Å². The van der Waals surface area contributed by atoms with E-state index in [9.17, 15) is 0 Å². The quantitative estimate of drug-likeness (QED) is 0.680. The average molecular weight is 322 g/mol. The Morgan fingerprint density at radius 3 is 2.62 bits per heavy atom. The fourth-order valence-electron chi connectivity index (χ4n) is 3.30. The third-order valence-electron chi connectivity index (χ3n) is 4.54. The van der Waals surface area contributed by atoms with Gasteiger partial charge in [-0.05, 0) is 25.0 Å². The Labute approximate surface area is 141 Å². The number of aromatic nitrogens is 4. The van der Waals surface area contributed by atoms with Crippen LogP contribution in [-0.2, 0) is 0 Å². The van der Waals surface area contributed by atoms with Crippen molar-refractivity contribution in [2.75, 3.05) is 23.7 Å². The zero-order valence-corrected chi connectivity index (χ0v) is 13.7. The Morgan fingerprint density at radius 2 is 1.79 bits per heavy atom. The molecule has 6 nitrogen and oxygen atoms in total. The standard InChI is InChI=1S/C18H22N6/c1-2-6-14(7-3-1)19-10-11-20-18-21-12-16-17(23-18)24(13-22-16)15-8-4-5-9-15/h1-3,6-7,12-13,15,19H,4-5,8-11H2,(H,20,21,23). The Morgan fingerprint density at radius 1 is 1.00 bits per heavy atom. The van der Waals surface area contributed by atoms with Crippen LogP contribution in [0.4, 0.5) is 11.6 Å². The third-order valence-corrected chi connectivity index (χ3v) is 4.54. The molecule has 3 aromatic rings. The Hall–Kier alpha value is -2.63. The molecule has 0 aliphatic heterocycles. The van der Waals surface area contributed by atoms with E-state index in [1.165, 1.54) is 25.7 Å². The Bertz CT molecular complexity index is 792. The summed E-state index contributed by atoms with van der Waals surface area (Å²) in [6.07, 6.45) is 8.76. The van der Waals surface area contributed by atoms with E-state index in [1.54, 1.807) is 6.20 Å². The van der Waals surface area contributed by atoms with Crippen LogP contribution >= 0.6 is 0 Å². The summed E-state index contributed by atoms with van der Waals surface area (Å²) in [6.45, 7) is 1.57. The van der Waals surface area contributed by atoms with Gasteiger partial charge in [0.1, 0.15) is 5.52 Å². The minimum atomic E-state index is 0.539. The first-order chi connectivity index (χ1) is 11.9. The summed E-state index contributed by atoms with van der Waals surface area (Å²) in [4.78, 5) is 13.5. The number of nitrogens with one attached hydrogen (secondary N) is 2. The maximum absolute atomic E-state index is 4.67. The number of nitrogens with zero attached hydrogens (tertiary/aromatic N) is 4. The predicted octanol–water partition coefficient (Wildman–Crippen LogP) is 3.47. The van der Waals surface area contributed by atoms with Crippen molar-refractivity contribution in [2.24, 2.45) is 0 Å². The van der Waals surface area contributed by atoms with Gasteiger partial charge in [0, 0.05) is 24.8 Å². The molecular formula is C18H22N6. The van der Waals surface area contributed by atoms with Gasteiger partial charge in [-0.25, -0.2) is 9.97 Å². The molecule has 24 heavy (non-hydrogen) atoms. The highest BCUT2D eigenvalue weighted by molar-refractivity contribution is 5.71. The van der Waals surface area contributed by atoms with Crippen LogP contribution in [-0.4, -0.2) is 32.6 Å². The van der Waals surface area contributed by atoms with E-state index in [0.29, 0.717) is 12.0 Å². The van der Waals surface area contributed by atoms with Crippen LogP contribution in [0.1, 0.15) is 31.7 Å². The SMILES string of the molecule is c1ccc(NCCNc2ncc3ncn(C4CCCC4)c3n2)cc1. The lowest BCUT2D eigenvalue weighted by Crippen LogP contribution is -2.15. The van der Waals surface area contributed by atoms with E-state index in [2.05, 4.69) is 42.3 Å². The van der Waals surface area contributed by atoms with Crippen molar-refractivity contribution in [1.29, 1.82) is 0 Å². The van der Waals surface area contributed by atoms with Crippen LogP contribution in [0.15, 0.2) is 42.9 Å². The van der Waals surface area contributed by atoms with Gasteiger partial charge in [-0.3, -0.25) is 0 Å². The van der Waals surface area contributed by atoms with E-state index in [0.717, 1.165) is 29.9 Å². The van der Waals surface area contributed by atoms with Gasteiger partial charge >= 0.3 is 0 Å². The van der Waals surface area contributed by atoms with Crippen LogP contribution in [0.25, 0.3) is 11.2 Å². The lowest BCUT2D eigenvalue weighted by atomic mass is 10.2. The molecule has 1 aliphatic carbocycles. The average Bonchev–Trinajstić information content (AvgIpc) is 3.28. The van der Waals surface area contributed by atoms with Crippen molar-refractivity contribution in [3.8, 4) is 0 Å². The third kappa shape index (κ3) is 3.18. The van der Waals surface area contributed by atoms with Gasteiger partial charge in [-0.15, -0.1) is 0 Å². The molecule has 0 radical (unpaired) electrons. The molecule has 124 valence electrons. The molecule has 0 spiro atoms. The number of rotatable bonds is 6. The van der Waals surface area contributed by atoms with Gasteiger partial charge in [0.15, 0.2) is 5.65 Å². The minimum Gasteiger partial charge on any atom is -0.383 e.